The van der Waals surface area contributed by atoms with E-state index in [9.17, 15) is 0 Å². The first-order valence-corrected chi connectivity index (χ1v) is 6.90. The lowest BCUT2D eigenvalue weighted by atomic mass is 9.99. The minimum atomic E-state index is 0.325. The molecule has 3 rings (SSSR count). The molecule has 18 heavy (non-hydrogen) atoms. The minimum absolute atomic E-state index is 0.325. The minimum Gasteiger partial charge on any atom is -0.393 e. The number of nitrogens with one attached hydrogen (secondary N) is 1. The molecule has 3 N–H and O–H groups in total. The Hall–Kier alpha value is -1.07. The molecule has 3 heterocycles. The second-order valence-electron chi connectivity index (χ2n) is 5.07. The standard InChI is InChI=1S/C12H18ClN5/c13-11-10(14)12(16-7-15-11)17-8-4-6-18-5-2-1-3-9(8)18/h7-9H,1-6,14H2,(H,15,16,17). The molecular weight excluding hydrogens is 250 g/mol. The normalized spacial score (nSPS) is 28.1. The Labute approximate surface area is 112 Å². The van der Waals surface area contributed by atoms with Crippen LogP contribution in [0.25, 0.3) is 0 Å². The summed E-state index contributed by atoms with van der Waals surface area (Å²) in [6, 6.07) is 1.05. The topological polar surface area (TPSA) is 67.1 Å². The summed E-state index contributed by atoms with van der Waals surface area (Å²) in [6.07, 6.45) is 6.50. The predicted octanol–water partition coefficient (Wildman–Crippen LogP) is 1.75. The van der Waals surface area contributed by atoms with E-state index >= 15 is 0 Å². The zero-order valence-corrected chi connectivity index (χ0v) is 11.0. The SMILES string of the molecule is Nc1c(Cl)ncnc1NC1CCN2CCCCC12. The van der Waals surface area contributed by atoms with E-state index in [1.165, 1.54) is 38.7 Å². The predicted molar refractivity (Wildman–Crippen MR) is 72.7 cm³/mol. The molecule has 1 aromatic heterocycles. The molecule has 0 aliphatic carbocycles. The number of nitrogen functional groups attached to an aromatic ring is 1. The van der Waals surface area contributed by atoms with Crippen molar-refractivity contribution in [1.82, 2.24) is 14.9 Å². The van der Waals surface area contributed by atoms with E-state index in [1.54, 1.807) is 0 Å². The molecule has 2 atom stereocenters. The van der Waals surface area contributed by atoms with Gasteiger partial charge in [0, 0.05) is 18.6 Å². The maximum atomic E-state index is 5.91. The van der Waals surface area contributed by atoms with E-state index in [2.05, 4.69) is 20.2 Å². The van der Waals surface area contributed by atoms with Gasteiger partial charge in [0.1, 0.15) is 12.0 Å². The molecule has 2 unspecified atom stereocenters. The van der Waals surface area contributed by atoms with Crippen LogP contribution in [0.5, 0.6) is 0 Å². The molecule has 2 saturated heterocycles. The molecular formula is C12H18ClN5. The summed E-state index contributed by atoms with van der Waals surface area (Å²) in [4.78, 5) is 10.6. The monoisotopic (exact) mass is 267 g/mol. The third-order valence-electron chi connectivity index (χ3n) is 4.01. The molecule has 98 valence electrons. The van der Waals surface area contributed by atoms with E-state index in [0.29, 0.717) is 28.7 Å². The molecule has 2 fully saturated rings. The van der Waals surface area contributed by atoms with Gasteiger partial charge in [0.2, 0.25) is 0 Å². The van der Waals surface area contributed by atoms with Gasteiger partial charge < -0.3 is 11.1 Å². The van der Waals surface area contributed by atoms with Gasteiger partial charge in [-0.05, 0) is 25.8 Å². The van der Waals surface area contributed by atoms with Crippen LogP contribution in [-0.2, 0) is 0 Å². The van der Waals surface area contributed by atoms with Crippen LogP contribution < -0.4 is 11.1 Å². The van der Waals surface area contributed by atoms with Crippen LogP contribution in [0.4, 0.5) is 11.5 Å². The lowest BCUT2D eigenvalue weighted by Crippen LogP contribution is -2.41. The number of nitrogens with two attached hydrogens (primary N) is 1. The number of piperidine rings is 1. The molecule has 0 amide bonds. The number of anilines is 2. The number of rotatable bonds is 2. The van der Waals surface area contributed by atoms with Crippen molar-refractivity contribution in [3.63, 3.8) is 0 Å². The van der Waals surface area contributed by atoms with E-state index in [-0.39, 0.29) is 0 Å². The fourth-order valence-corrected chi connectivity index (χ4v) is 3.21. The van der Waals surface area contributed by atoms with E-state index in [1.807, 2.05) is 0 Å². The van der Waals surface area contributed by atoms with Crippen molar-refractivity contribution >= 4 is 23.1 Å². The number of fused-ring (bicyclic) bond motifs is 1. The second-order valence-corrected chi connectivity index (χ2v) is 5.42. The van der Waals surface area contributed by atoms with Crippen molar-refractivity contribution in [1.29, 1.82) is 0 Å². The summed E-state index contributed by atoms with van der Waals surface area (Å²) in [5.41, 5.74) is 6.35. The van der Waals surface area contributed by atoms with Gasteiger partial charge in [-0.1, -0.05) is 18.0 Å². The van der Waals surface area contributed by atoms with Crippen molar-refractivity contribution in [2.24, 2.45) is 0 Å². The van der Waals surface area contributed by atoms with Crippen LogP contribution in [-0.4, -0.2) is 40.0 Å². The van der Waals surface area contributed by atoms with E-state index < -0.39 is 0 Å². The summed E-state index contributed by atoms with van der Waals surface area (Å²) in [7, 11) is 0. The lowest BCUT2D eigenvalue weighted by Gasteiger charge is -2.32. The van der Waals surface area contributed by atoms with Gasteiger partial charge >= 0.3 is 0 Å². The van der Waals surface area contributed by atoms with Gasteiger partial charge in [-0.15, -0.1) is 0 Å². The third kappa shape index (κ3) is 2.12. The maximum Gasteiger partial charge on any atom is 0.157 e. The van der Waals surface area contributed by atoms with Gasteiger partial charge in [0.05, 0.1) is 0 Å². The Kier molecular flexibility index (Phi) is 3.26. The van der Waals surface area contributed by atoms with Crippen LogP contribution in [0.3, 0.4) is 0 Å². The summed E-state index contributed by atoms with van der Waals surface area (Å²) in [5.74, 6) is 0.674. The summed E-state index contributed by atoms with van der Waals surface area (Å²) in [6.45, 7) is 2.39. The fraction of sp³-hybridized carbons (Fsp3) is 0.667. The third-order valence-corrected chi connectivity index (χ3v) is 4.31. The zero-order valence-electron chi connectivity index (χ0n) is 10.3. The highest BCUT2D eigenvalue weighted by Crippen LogP contribution is 2.31. The number of aromatic nitrogens is 2. The number of hydrogen-bond donors (Lipinski definition) is 2. The van der Waals surface area contributed by atoms with Crippen molar-refractivity contribution in [3.8, 4) is 0 Å². The Bertz CT molecular complexity index is 438. The first-order valence-electron chi connectivity index (χ1n) is 6.52. The molecule has 5 nitrogen and oxygen atoms in total. The number of hydrogen-bond acceptors (Lipinski definition) is 5. The first-order chi connectivity index (χ1) is 8.75. The molecule has 0 spiro atoms. The van der Waals surface area contributed by atoms with Gasteiger partial charge in [0.15, 0.2) is 11.0 Å². The fourth-order valence-electron chi connectivity index (χ4n) is 3.08. The second kappa shape index (κ2) is 4.90. The molecule has 0 radical (unpaired) electrons. The Morgan fingerprint density at radius 1 is 1.28 bits per heavy atom. The highest BCUT2D eigenvalue weighted by Gasteiger charge is 2.35. The van der Waals surface area contributed by atoms with Crippen LogP contribution in [0, 0.1) is 0 Å². The smallest absolute Gasteiger partial charge is 0.157 e. The first kappa shape index (κ1) is 12.0. The molecule has 2 aliphatic heterocycles. The molecule has 0 aromatic carbocycles. The molecule has 0 bridgehead atoms. The van der Waals surface area contributed by atoms with Gasteiger partial charge in [-0.25, -0.2) is 9.97 Å². The van der Waals surface area contributed by atoms with Gasteiger partial charge in [-0.3, -0.25) is 4.90 Å². The average Bonchev–Trinajstić information content (AvgIpc) is 2.79. The van der Waals surface area contributed by atoms with Crippen LogP contribution >= 0.6 is 11.6 Å². The van der Waals surface area contributed by atoms with Crippen LogP contribution in [0.2, 0.25) is 5.15 Å². The summed E-state index contributed by atoms with van der Waals surface area (Å²) >= 11 is 5.91. The maximum absolute atomic E-state index is 5.91. The van der Waals surface area contributed by atoms with Crippen molar-refractivity contribution in [2.75, 3.05) is 24.1 Å². The quantitative estimate of drug-likeness (QED) is 0.799. The van der Waals surface area contributed by atoms with Crippen molar-refractivity contribution in [3.05, 3.63) is 11.5 Å². The average molecular weight is 268 g/mol. The summed E-state index contributed by atoms with van der Waals surface area (Å²) < 4.78 is 0. The molecule has 6 heteroatoms. The summed E-state index contributed by atoms with van der Waals surface area (Å²) in [5, 5.41) is 3.77. The number of halogens is 1. The highest BCUT2D eigenvalue weighted by atomic mass is 35.5. The Morgan fingerprint density at radius 3 is 3.06 bits per heavy atom. The van der Waals surface area contributed by atoms with Crippen molar-refractivity contribution < 1.29 is 0 Å². The molecule has 1 aromatic rings. The van der Waals surface area contributed by atoms with Crippen LogP contribution in [0.15, 0.2) is 6.33 Å². The molecule has 2 aliphatic rings. The Morgan fingerprint density at radius 2 is 2.17 bits per heavy atom. The van der Waals surface area contributed by atoms with E-state index in [0.717, 1.165) is 6.42 Å². The lowest BCUT2D eigenvalue weighted by molar-refractivity contribution is 0.192. The van der Waals surface area contributed by atoms with E-state index in [4.69, 9.17) is 17.3 Å². The van der Waals surface area contributed by atoms with Crippen molar-refractivity contribution in [2.45, 2.75) is 37.8 Å². The zero-order chi connectivity index (χ0) is 12.5. The number of nitrogens with zero attached hydrogens (tertiary/aromatic N) is 3. The largest absolute Gasteiger partial charge is 0.393 e. The van der Waals surface area contributed by atoms with Gasteiger partial charge in [-0.2, -0.15) is 0 Å². The highest BCUT2D eigenvalue weighted by molar-refractivity contribution is 6.32. The van der Waals surface area contributed by atoms with Gasteiger partial charge in [0.25, 0.3) is 0 Å². The molecule has 0 saturated carbocycles. The van der Waals surface area contributed by atoms with Crippen LogP contribution in [0.1, 0.15) is 25.7 Å². The Balaban J connectivity index is 1.74.